The third kappa shape index (κ3) is 2.72. The molecule has 0 heterocycles. The molecule has 2 rings (SSSR count). The number of nitrogens with zero attached hydrogens (tertiary/aromatic N) is 2. The van der Waals surface area contributed by atoms with Crippen molar-refractivity contribution in [2.24, 2.45) is 5.92 Å². The van der Waals surface area contributed by atoms with E-state index >= 15 is 0 Å². The Labute approximate surface area is 99.2 Å². The summed E-state index contributed by atoms with van der Waals surface area (Å²) in [5.74, 6) is 0.0718. The largest absolute Gasteiger partial charge is 0.366 e. The monoisotopic (exact) mass is 238 g/mol. The van der Waals surface area contributed by atoms with Crippen molar-refractivity contribution >= 4 is 11.4 Å². The highest BCUT2D eigenvalue weighted by atomic mass is 19.1. The van der Waals surface area contributed by atoms with Crippen LogP contribution in [0.1, 0.15) is 19.8 Å². The molecule has 0 saturated heterocycles. The van der Waals surface area contributed by atoms with E-state index in [1.807, 2.05) is 11.8 Å². The standard InChI is InChI=1S/C12H15FN2O2/c1-2-14(8-9-3-4-9)11-6-5-10(13)7-12(11)15(16)17/h5-7,9H,2-4,8H2,1H3. The van der Waals surface area contributed by atoms with E-state index < -0.39 is 10.7 Å². The van der Waals surface area contributed by atoms with Gasteiger partial charge in [-0.05, 0) is 37.8 Å². The molecule has 0 aromatic heterocycles. The second kappa shape index (κ2) is 4.69. The minimum absolute atomic E-state index is 0.146. The molecule has 0 amide bonds. The maximum absolute atomic E-state index is 13.0. The molecule has 5 heteroatoms. The summed E-state index contributed by atoms with van der Waals surface area (Å²) in [6.07, 6.45) is 2.37. The molecule has 0 radical (unpaired) electrons. The number of halogens is 1. The second-order valence-corrected chi connectivity index (χ2v) is 4.37. The SMILES string of the molecule is CCN(CC1CC1)c1ccc(F)cc1[N+](=O)[O-]. The summed E-state index contributed by atoms with van der Waals surface area (Å²) in [5.41, 5.74) is 0.373. The van der Waals surface area contributed by atoms with Gasteiger partial charge in [0.2, 0.25) is 0 Å². The Balaban J connectivity index is 2.30. The maximum Gasteiger partial charge on any atom is 0.295 e. The van der Waals surface area contributed by atoms with Crippen molar-refractivity contribution in [2.75, 3.05) is 18.0 Å². The van der Waals surface area contributed by atoms with Gasteiger partial charge < -0.3 is 4.90 Å². The second-order valence-electron chi connectivity index (χ2n) is 4.37. The average molecular weight is 238 g/mol. The first-order valence-electron chi connectivity index (χ1n) is 5.80. The highest BCUT2D eigenvalue weighted by Gasteiger charge is 2.27. The van der Waals surface area contributed by atoms with Gasteiger partial charge in [-0.3, -0.25) is 10.1 Å². The zero-order chi connectivity index (χ0) is 12.4. The van der Waals surface area contributed by atoms with Crippen molar-refractivity contribution in [3.8, 4) is 0 Å². The fourth-order valence-electron chi connectivity index (χ4n) is 1.92. The topological polar surface area (TPSA) is 46.4 Å². The van der Waals surface area contributed by atoms with Crippen molar-refractivity contribution < 1.29 is 9.31 Å². The minimum Gasteiger partial charge on any atom is -0.366 e. The van der Waals surface area contributed by atoms with E-state index in [1.54, 1.807) is 0 Å². The Morgan fingerprint density at radius 1 is 1.53 bits per heavy atom. The molecule has 1 saturated carbocycles. The highest BCUT2D eigenvalue weighted by Crippen LogP contribution is 2.34. The number of hydrogen-bond acceptors (Lipinski definition) is 3. The number of nitro groups is 1. The Kier molecular flexibility index (Phi) is 3.26. The van der Waals surface area contributed by atoms with Crippen LogP contribution >= 0.6 is 0 Å². The first-order valence-corrected chi connectivity index (χ1v) is 5.80. The van der Waals surface area contributed by atoms with Gasteiger partial charge in [-0.25, -0.2) is 4.39 Å². The summed E-state index contributed by atoms with van der Waals surface area (Å²) < 4.78 is 13.0. The average Bonchev–Trinajstić information content (AvgIpc) is 3.10. The van der Waals surface area contributed by atoms with E-state index in [1.165, 1.54) is 25.0 Å². The van der Waals surface area contributed by atoms with Gasteiger partial charge in [0.15, 0.2) is 0 Å². The molecule has 1 fully saturated rings. The molecule has 4 nitrogen and oxygen atoms in total. The van der Waals surface area contributed by atoms with Gasteiger partial charge in [-0.1, -0.05) is 0 Å². The molecule has 0 aliphatic heterocycles. The van der Waals surface area contributed by atoms with E-state index in [2.05, 4.69) is 0 Å². The maximum atomic E-state index is 13.0. The van der Waals surface area contributed by atoms with E-state index in [0.717, 1.165) is 12.6 Å². The van der Waals surface area contributed by atoms with Crippen molar-refractivity contribution in [3.63, 3.8) is 0 Å². The van der Waals surface area contributed by atoms with E-state index in [4.69, 9.17) is 0 Å². The van der Waals surface area contributed by atoms with E-state index in [0.29, 0.717) is 18.2 Å². The summed E-state index contributed by atoms with van der Waals surface area (Å²) >= 11 is 0. The lowest BCUT2D eigenvalue weighted by Crippen LogP contribution is -2.26. The fourth-order valence-corrected chi connectivity index (χ4v) is 1.92. The molecule has 92 valence electrons. The van der Waals surface area contributed by atoms with Crippen molar-refractivity contribution in [1.82, 2.24) is 0 Å². The molecule has 1 aliphatic rings. The third-order valence-electron chi connectivity index (χ3n) is 3.03. The number of rotatable bonds is 5. The van der Waals surface area contributed by atoms with Crippen LogP contribution in [0.4, 0.5) is 15.8 Å². The van der Waals surface area contributed by atoms with Crippen LogP contribution in [-0.2, 0) is 0 Å². The summed E-state index contributed by atoms with van der Waals surface area (Å²) in [6, 6.07) is 3.77. The lowest BCUT2D eigenvalue weighted by molar-refractivity contribution is -0.384. The molecule has 17 heavy (non-hydrogen) atoms. The Hall–Kier alpha value is -1.65. The zero-order valence-electron chi connectivity index (χ0n) is 9.73. The van der Waals surface area contributed by atoms with Crippen LogP contribution in [0.3, 0.4) is 0 Å². The number of hydrogen-bond donors (Lipinski definition) is 0. The molecular formula is C12H15FN2O2. The van der Waals surface area contributed by atoms with Crippen LogP contribution in [0.2, 0.25) is 0 Å². The van der Waals surface area contributed by atoms with Gasteiger partial charge in [0.25, 0.3) is 5.69 Å². The van der Waals surface area contributed by atoms with Crippen molar-refractivity contribution in [2.45, 2.75) is 19.8 Å². The molecule has 0 N–H and O–H groups in total. The number of benzene rings is 1. The summed E-state index contributed by atoms with van der Waals surface area (Å²) in [6.45, 7) is 3.47. The predicted molar refractivity (Wildman–Crippen MR) is 63.7 cm³/mol. The van der Waals surface area contributed by atoms with E-state index in [-0.39, 0.29) is 5.69 Å². The molecule has 1 aromatic carbocycles. The highest BCUT2D eigenvalue weighted by molar-refractivity contribution is 5.63. The van der Waals surface area contributed by atoms with Gasteiger partial charge in [-0.15, -0.1) is 0 Å². The predicted octanol–water partition coefficient (Wildman–Crippen LogP) is 2.97. The summed E-state index contributed by atoms with van der Waals surface area (Å²) in [7, 11) is 0. The minimum atomic E-state index is -0.567. The molecule has 1 aliphatic carbocycles. The normalized spacial score (nSPS) is 14.7. The quantitative estimate of drug-likeness (QED) is 0.585. The van der Waals surface area contributed by atoms with Crippen LogP contribution in [0.25, 0.3) is 0 Å². The van der Waals surface area contributed by atoms with Crippen LogP contribution in [0.5, 0.6) is 0 Å². The number of nitro benzene ring substituents is 1. The first-order chi connectivity index (χ1) is 8.11. The fraction of sp³-hybridized carbons (Fsp3) is 0.500. The molecule has 0 unspecified atom stereocenters. The molecule has 1 aromatic rings. The van der Waals surface area contributed by atoms with Crippen molar-refractivity contribution in [1.29, 1.82) is 0 Å². The first kappa shape index (κ1) is 11.8. The van der Waals surface area contributed by atoms with Crippen LogP contribution in [-0.4, -0.2) is 18.0 Å². The smallest absolute Gasteiger partial charge is 0.295 e. The molecule has 0 spiro atoms. The Bertz CT molecular complexity index is 433. The lowest BCUT2D eigenvalue weighted by Gasteiger charge is -2.22. The zero-order valence-corrected chi connectivity index (χ0v) is 9.73. The third-order valence-corrected chi connectivity index (χ3v) is 3.03. The van der Waals surface area contributed by atoms with Crippen LogP contribution < -0.4 is 4.90 Å². The van der Waals surface area contributed by atoms with E-state index in [9.17, 15) is 14.5 Å². The lowest BCUT2D eigenvalue weighted by atomic mass is 10.2. The summed E-state index contributed by atoms with van der Waals surface area (Å²) in [5, 5.41) is 10.9. The van der Waals surface area contributed by atoms with Gasteiger partial charge in [0, 0.05) is 13.1 Å². The van der Waals surface area contributed by atoms with Gasteiger partial charge in [0.05, 0.1) is 11.0 Å². The number of anilines is 1. The van der Waals surface area contributed by atoms with Crippen molar-refractivity contribution in [3.05, 3.63) is 34.1 Å². The summed E-state index contributed by atoms with van der Waals surface area (Å²) in [4.78, 5) is 12.3. The molecule has 0 atom stereocenters. The van der Waals surface area contributed by atoms with Gasteiger partial charge in [-0.2, -0.15) is 0 Å². The molecular weight excluding hydrogens is 223 g/mol. The van der Waals surface area contributed by atoms with Gasteiger partial charge >= 0.3 is 0 Å². The van der Waals surface area contributed by atoms with Crippen LogP contribution in [0, 0.1) is 21.8 Å². The Morgan fingerprint density at radius 3 is 2.76 bits per heavy atom. The van der Waals surface area contributed by atoms with Crippen LogP contribution in [0.15, 0.2) is 18.2 Å². The Morgan fingerprint density at radius 2 is 2.24 bits per heavy atom. The molecule has 0 bridgehead atoms. The van der Waals surface area contributed by atoms with Gasteiger partial charge in [0.1, 0.15) is 11.5 Å².